The highest BCUT2D eigenvalue weighted by Gasteiger charge is 2.24. The Morgan fingerprint density at radius 2 is 1.08 bits per heavy atom. The number of hydrogen-bond donors (Lipinski definition) is 3. The van der Waals surface area contributed by atoms with E-state index in [2.05, 4.69) is 20.8 Å². The van der Waals surface area contributed by atoms with Crippen LogP contribution in [0, 0.1) is 0 Å². The van der Waals surface area contributed by atoms with Crippen molar-refractivity contribution < 1.29 is 9.84 Å². The van der Waals surface area contributed by atoms with Crippen LogP contribution < -0.4 is 21.8 Å². The number of aliphatic hydroxyl groups is 1. The second-order valence-corrected chi connectivity index (χ2v) is 12.9. The van der Waals surface area contributed by atoms with Gasteiger partial charge < -0.3 is 20.5 Å². The number of hydrogen-bond acceptors (Lipinski definition) is 8. The van der Waals surface area contributed by atoms with Crippen LogP contribution in [-0.2, 0) is 17.8 Å². The van der Waals surface area contributed by atoms with Crippen LogP contribution in [0.3, 0.4) is 0 Å². The molecule has 0 spiro atoms. The number of ether oxygens (including phenoxy) is 1. The first kappa shape index (κ1) is 39.0. The van der Waals surface area contributed by atoms with Gasteiger partial charge >= 0.3 is 0 Å². The molecule has 2 heterocycles. The zero-order valence-electron chi connectivity index (χ0n) is 30.2. The van der Waals surface area contributed by atoms with Crippen molar-refractivity contribution in [3.8, 4) is 22.5 Å². The Balaban J connectivity index is 0.000000204. The quantitative estimate of drug-likeness (QED) is 0.120. The minimum absolute atomic E-state index is 0.198. The molecule has 0 aliphatic heterocycles. The summed E-state index contributed by atoms with van der Waals surface area (Å²) in [6.45, 7) is 8.17. The molecule has 0 bridgehead atoms. The molecule has 274 valence electrons. The summed E-state index contributed by atoms with van der Waals surface area (Å²) in [5.74, 6) is 0. The number of rotatable bonds is 11. The third kappa shape index (κ3) is 9.22. The van der Waals surface area contributed by atoms with E-state index in [0.29, 0.717) is 51.5 Å². The molecule has 6 rings (SSSR count). The Morgan fingerprint density at radius 1 is 0.660 bits per heavy atom. The summed E-state index contributed by atoms with van der Waals surface area (Å²) in [4.78, 5) is 26.0. The van der Waals surface area contributed by atoms with Crippen LogP contribution in [-0.4, -0.2) is 31.8 Å². The van der Waals surface area contributed by atoms with Crippen molar-refractivity contribution in [3.05, 3.63) is 151 Å². The number of benzene rings is 4. The fraction of sp³-hybridized carbons (Fsp3) is 0.220. The number of aryl methyl sites for hydroxylation is 2. The summed E-state index contributed by atoms with van der Waals surface area (Å²) >= 11 is 12.2. The van der Waals surface area contributed by atoms with E-state index in [0.717, 1.165) is 28.1 Å². The van der Waals surface area contributed by atoms with Gasteiger partial charge in [0.05, 0.1) is 23.6 Å². The first-order valence-corrected chi connectivity index (χ1v) is 18.0. The van der Waals surface area contributed by atoms with E-state index in [-0.39, 0.29) is 17.2 Å². The van der Waals surface area contributed by atoms with Crippen molar-refractivity contribution >= 4 is 46.0 Å². The molecule has 0 saturated heterocycles. The summed E-state index contributed by atoms with van der Waals surface area (Å²) in [6.07, 6.45) is -1.20. The normalized spacial score (nSPS) is 12.0. The van der Waals surface area contributed by atoms with E-state index in [1.807, 2.05) is 99.6 Å². The summed E-state index contributed by atoms with van der Waals surface area (Å²) in [5, 5.41) is 27.0. The number of methoxy groups -OCH3 is 1. The number of nitrogens with one attached hydrogen (secondary N) is 2. The Labute approximate surface area is 318 Å². The van der Waals surface area contributed by atoms with Gasteiger partial charge in [-0.3, -0.25) is 9.59 Å². The molecule has 0 fully saturated rings. The minimum Gasteiger partial charge on any atom is -0.389 e. The van der Waals surface area contributed by atoms with E-state index >= 15 is 0 Å². The molecule has 12 heteroatoms. The average molecular weight is 754 g/mol. The van der Waals surface area contributed by atoms with E-state index in [1.165, 1.54) is 9.36 Å². The lowest BCUT2D eigenvalue weighted by Gasteiger charge is -2.21. The zero-order chi connectivity index (χ0) is 38.1. The van der Waals surface area contributed by atoms with E-state index in [1.54, 1.807) is 44.4 Å². The fourth-order valence-electron chi connectivity index (χ4n) is 5.80. The maximum atomic E-state index is 13.1. The molecule has 2 aromatic heterocycles. The number of nitrogens with zero attached hydrogens (tertiary/aromatic N) is 4. The lowest BCUT2D eigenvalue weighted by molar-refractivity contribution is 0.120. The molecular formula is C41H42Cl2N6O4. The molecule has 0 aliphatic rings. The maximum absolute atomic E-state index is 13.1. The van der Waals surface area contributed by atoms with E-state index in [4.69, 9.17) is 27.9 Å². The van der Waals surface area contributed by atoms with Gasteiger partial charge in [0.2, 0.25) is 0 Å². The average Bonchev–Trinajstić information content (AvgIpc) is 3.16. The molecule has 4 aromatic carbocycles. The Kier molecular flexibility index (Phi) is 13.2. The van der Waals surface area contributed by atoms with Gasteiger partial charge in [-0.2, -0.15) is 10.2 Å². The fourth-order valence-corrected chi connectivity index (χ4v) is 6.18. The predicted octanol–water partition coefficient (Wildman–Crippen LogP) is 9.42. The molecule has 0 aliphatic carbocycles. The van der Waals surface area contributed by atoms with Gasteiger partial charge in [0.15, 0.2) is 0 Å². The predicted molar refractivity (Wildman–Crippen MR) is 215 cm³/mol. The van der Waals surface area contributed by atoms with Crippen molar-refractivity contribution in [3.63, 3.8) is 0 Å². The van der Waals surface area contributed by atoms with Crippen molar-refractivity contribution in [1.82, 2.24) is 19.6 Å². The molecule has 2 atom stereocenters. The molecule has 6 aromatic rings. The van der Waals surface area contributed by atoms with Crippen molar-refractivity contribution in [2.24, 2.45) is 0 Å². The standard InChI is InChI=1S/C21H22ClN3O2.C20H20ClN3O2/c1-4-25-21(26)20(23-17-12-8-11-16(22)13-17)18(14(2)27-3)19(24-25)15-9-6-5-7-10-15;1-3-24-20(26)19(22-16-11-7-10-15(21)12-16)17(13(2)25)18(23-24)14-8-5-4-6-9-14/h5-14,23H,4H2,1-3H3;4-13,22,25H,3H2,1-2H3. The molecule has 0 radical (unpaired) electrons. The van der Waals surface area contributed by atoms with Gasteiger partial charge in [0, 0.05) is 63.9 Å². The second kappa shape index (κ2) is 18.0. The highest BCUT2D eigenvalue weighted by atomic mass is 35.5. The van der Waals surface area contributed by atoms with Gasteiger partial charge in [0.1, 0.15) is 11.4 Å². The summed E-state index contributed by atoms with van der Waals surface area (Å²) in [7, 11) is 1.62. The van der Waals surface area contributed by atoms with Crippen molar-refractivity contribution in [1.29, 1.82) is 0 Å². The lowest BCUT2D eigenvalue weighted by Crippen LogP contribution is -2.28. The zero-order valence-corrected chi connectivity index (χ0v) is 31.7. The first-order valence-electron chi connectivity index (χ1n) is 17.2. The van der Waals surface area contributed by atoms with Crippen LogP contribution >= 0.6 is 23.2 Å². The molecule has 0 amide bonds. The van der Waals surface area contributed by atoms with E-state index in [9.17, 15) is 14.7 Å². The van der Waals surface area contributed by atoms with Crippen LogP contribution in [0.5, 0.6) is 0 Å². The molecule has 2 unspecified atom stereocenters. The Morgan fingerprint density at radius 3 is 1.45 bits per heavy atom. The molecule has 53 heavy (non-hydrogen) atoms. The molecule has 10 nitrogen and oxygen atoms in total. The summed E-state index contributed by atoms with van der Waals surface area (Å²) in [6, 6.07) is 33.7. The Hall–Kier alpha value is -5.26. The largest absolute Gasteiger partial charge is 0.389 e. The summed E-state index contributed by atoms with van der Waals surface area (Å²) in [5.41, 5.74) is 5.90. The number of halogens is 2. The maximum Gasteiger partial charge on any atom is 0.290 e. The van der Waals surface area contributed by atoms with Crippen molar-refractivity contribution in [2.75, 3.05) is 17.7 Å². The topological polar surface area (TPSA) is 123 Å². The first-order chi connectivity index (χ1) is 25.6. The SMILES string of the molecule is CCn1nc(-c2ccccc2)c(C(C)O)c(Nc2cccc(Cl)c2)c1=O.CCn1nc(-c2ccccc2)c(C(C)OC)c(Nc2cccc(Cl)c2)c1=O. The number of aromatic nitrogens is 4. The molecular weight excluding hydrogens is 711 g/mol. The Bertz CT molecular complexity index is 2280. The number of aliphatic hydroxyl groups excluding tert-OH is 1. The van der Waals surface area contributed by atoms with Crippen LogP contribution in [0.25, 0.3) is 22.5 Å². The number of anilines is 4. The van der Waals surface area contributed by atoms with Crippen LogP contribution in [0.4, 0.5) is 22.7 Å². The summed E-state index contributed by atoms with van der Waals surface area (Å²) < 4.78 is 8.42. The smallest absolute Gasteiger partial charge is 0.290 e. The van der Waals surface area contributed by atoms with Gasteiger partial charge in [-0.05, 0) is 64.1 Å². The van der Waals surface area contributed by atoms with Crippen molar-refractivity contribution in [2.45, 2.75) is 53.0 Å². The van der Waals surface area contributed by atoms with Gasteiger partial charge in [0.25, 0.3) is 11.1 Å². The minimum atomic E-state index is -0.876. The highest BCUT2D eigenvalue weighted by molar-refractivity contribution is 6.31. The van der Waals surface area contributed by atoms with Gasteiger partial charge in [-0.25, -0.2) is 9.36 Å². The van der Waals surface area contributed by atoms with Gasteiger partial charge in [-0.15, -0.1) is 0 Å². The molecule has 3 N–H and O–H groups in total. The van der Waals surface area contributed by atoms with E-state index < -0.39 is 6.10 Å². The van der Waals surface area contributed by atoms with Crippen LogP contribution in [0.2, 0.25) is 10.0 Å². The lowest BCUT2D eigenvalue weighted by atomic mass is 10.0. The third-order valence-electron chi connectivity index (χ3n) is 8.45. The van der Waals surface area contributed by atoms with Crippen LogP contribution in [0.1, 0.15) is 51.0 Å². The monoisotopic (exact) mass is 752 g/mol. The van der Waals surface area contributed by atoms with Gasteiger partial charge in [-0.1, -0.05) is 96.0 Å². The molecule has 0 saturated carbocycles. The van der Waals surface area contributed by atoms with Crippen LogP contribution in [0.15, 0.2) is 119 Å². The highest BCUT2D eigenvalue weighted by Crippen LogP contribution is 2.34. The third-order valence-corrected chi connectivity index (χ3v) is 8.92. The second-order valence-electron chi connectivity index (χ2n) is 12.1.